The van der Waals surface area contributed by atoms with Crippen LogP contribution >= 0.6 is 11.3 Å². The number of benzene rings is 2. The van der Waals surface area contributed by atoms with Crippen molar-refractivity contribution < 1.29 is 4.39 Å². The molecule has 2 heterocycles. The smallest absolute Gasteiger partial charge is 0.183 e. The summed E-state index contributed by atoms with van der Waals surface area (Å²) in [5.74, 6) is 0.459. The fourth-order valence-electron chi connectivity index (χ4n) is 3.31. The first-order chi connectivity index (χ1) is 14.6. The van der Waals surface area contributed by atoms with Crippen LogP contribution in [0.4, 0.5) is 15.3 Å². The second kappa shape index (κ2) is 8.83. The van der Waals surface area contributed by atoms with Gasteiger partial charge in [-0.15, -0.1) is 0 Å². The van der Waals surface area contributed by atoms with Crippen LogP contribution in [0.25, 0.3) is 32.6 Å². The van der Waals surface area contributed by atoms with Crippen LogP contribution in [0, 0.1) is 5.82 Å². The van der Waals surface area contributed by atoms with Crippen molar-refractivity contribution in [1.29, 1.82) is 0 Å². The van der Waals surface area contributed by atoms with E-state index in [-0.39, 0.29) is 5.82 Å². The van der Waals surface area contributed by atoms with Crippen LogP contribution in [-0.4, -0.2) is 27.8 Å². The van der Waals surface area contributed by atoms with Crippen molar-refractivity contribution in [3.05, 3.63) is 48.3 Å². The van der Waals surface area contributed by atoms with Crippen LogP contribution in [0.2, 0.25) is 0 Å². The molecule has 5 nitrogen and oxygen atoms in total. The lowest BCUT2D eigenvalue weighted by Crippen LogP contribution is -2.12. The fraction of sp³-hybridized carbons (Fsp3) is 0.304. The Morgan fingerprint density at radius 3 is 2.77 bits per heavy atom. The standard InChI is InChI=1S/C23H26FN5S/c1-4-12-25-22-20(21(28-29-22)16-8-6-7-9-17(16)24)15-10-11-18-19(13-15)30-23(27-18)26-14(3)5-2/h6-11,13-14H,4-5,12H2,1-3H3,(H,26,27)(H2,25,28,29). The van der Waals surface area contributed by atoms with Gasteiger partial charge in [0, 0.05) is 18.2 Å². The highest BCUT2D eigenvalue weighted by Crippen LogP contribution is 2.39. The highest BCUT2D eigenvalue weighted by Gasteiger charge is 2.19. The minimum absolute atomic E-state index is 0.275. The molecule has 30 heavy (non-hydrogen) atoms. The number of hydrogen-bond acceptors (Lipinski definition) is 5. The molecular weight excluding hydrogens is 397 g/mol. The third kappa shape index (κ3) is 4.03. The van der Waals surface area contributed by atoms with E-state index in [0.717, 1.165) is 51.7 Å². The molecule has 0 amide bonds. The molecule has 0 spiro atoms. The van der Waals surface area contributed by atoms with Gasteiger partial charge in [0.1, 0.15) is 5.82 Å². The lowest BCUT2D eigenvalue weighted by Gasteiger charge is -2.09. The Morgan fingerprint density at radius 1 is 1.17 bits per heavy atom. The van der Waals surface area contributed by atoms with Crippen LogP contribution in [0.5, 0.6) is 0 Å². The molecule has 1 unspecified atom stereocenters. The molecule has 0 aliphatic rings. The molecule has 0 radical (unpaired) electrons. The van der Waals surface area contributed by atoms with Crippen molar-refractivity contribution in [3.63, 3.8) is 0 Å². The molecular formula is C23H26FN5S. The number of nitrogens with one attached hydrogen (secondary N) is 3. The Labute approximate surface area is 179 Å². The number of nitrogens with zero attached hydrogens (tertiary/aromatic N) is 2. The molecule has 0 saturated heterocycles. The topological polar surface area (TPSA) is 65.6 Å². The zero-order chi connectivity index (χ0) is 21.1. The van der Waals surface area contributed by atoms with Crippen LogP contribution in [-0.2, 0) is 0 Å². The molecule has 4 rings (SSSR count). The fourth-order valence-corrected chi connectivity index (χ4v) is 4.32. The van der Waals surface area contributed by atoms with Crippen molar-refractivity contribution >= 4 is 32.5 Å². The number of aromatic amines is 1. The van der Waals surface area contributed by atoms with Crippen molar-refractivity contribution in [3.8, 4) is 22.4 Å². The van der Waals surface area contributed by atoms with Gasteiger partial charge in [-0.05, 0) is 49.6 Å². The third-order valence-electron chi connectivity index (χ3n) is 5.11. The summed E-state index contributed by atoms with van der Waals surface area (Å²) in [6.45, 7) is 7.19. The largest absolute Gasteiger partial charge is 0.368 e. The molecule has 2 aromatic carbocycles. The van der Waals surface area contributed by atoms with E-state index in [1.807, 2.05) is 18.2 Å². The number of thiazole rings is 1. The second-order valence-corrected chi connectivity index (χ2v) is 8.41. The van der Waals surface area contributed by atoms with Gasteiger partial charge in [-0.2, -0.15) is 5.10 Å². The van der Waals surface area contributed by atoms with E-state index in [1.54, 1.807) is 23.5 Å². The van der Waals surface area contributed by atoms with E-state index in [4.69, 9.17) is 4.98 Å². The summed E-state index contributed by atoms with van der Waals surface area (Å²) in [4.78, 5) is 4.70. The molecule has 0 fully saturated rings. The first-order valence-electron chi connectivity index (χ1n) is 10.3. The predicted octanol–water partition coefficient (Wildman–Crippen LogP) is 6.52. The maximum absolute atomic E-state index is 14.6. The van der Waals surface area contributed by atoms with Crippen LogP contribution in [0.3, 0.4) is 0 Å². The molecule has 0 bridgehead atoms. The summed E-state index contributed by atoms with van der Waals surface area (Å²) >= 11 is 1.63. The highest BCUT2D eigenvalue weighted by atomic mass is 32.1. The molecule has 0 saturated carbocycles. The Hall–Kier alpha value is -2.93. The van der Waals surface area contributed by atoms with Gasteiger partial charge in [-0.25, -0.2) is 9.37 Å². The van der Waals surface area contributed by atoms with Gasteiger partial charge in [-0.3, -0.25) is 5.10 Å². The molecule has 1 atom stereocenters. The number of aromatic nitrogens is 3. The maximum atomic E-state index is 14.6. The minimum Gasteiger partial charge on any atom is -0.368 e. The Bertz CT molecular complexity index is 1150. The van der Waals surface area contributed by atoms with Crippen LogP contribution < -0.4 is 10.6 Å². The van der Waals surface area contributed by atoms with E-state index in [9.17, 15) is 4.39 Å². The van der Waals surface area contributed by atoms with E-state index < -0.39 is 0 Å². The molecule has 0 aliphatic heterocycles. The maximum Gasteiger partial charge on any atom is 0.183 e. The summed E-state index contributed by atoms with van der Waals surface area (Å²) in [6.07, 6.45) is 2.01. The average molecular weight is 424 g/mol. The summed E-state index contributed by atoms with van der Waals surface area (Å²) in [6, 6.07) is 13.3. The van der Waals surface area contributed by atoms with E-state index in [2.05, 4.69) is 47.7 Å². The van der Waals surface area contributed by atoms with Gasteiger partial charge >= 0.3 is 0 Å². The summed E-state index contributed by atoms with van der Waals surface area (Å²) in [5, 5.41) is 15.2. The normalized spacial score (nSPS) is 12.3. The molecule has 2 aromatic heterocycles. The summed E-state index contributed by atoms with van der Waals surface area (Å²) in [5.41, 5.74) is 3.99. The Kier molecular flexibility index (Phi) is 5.99. The average Bonchev–Trinajstić information content (AvgIpc) is 3.35. The van der Waals surface area contributed by atoms with Gasteiger partial charge < -0.3 is 10.6 Å². The lowest BCUT2D eigenvalue weighted by molar-refractivity contribution is 0.630. The third-order valence-corrected chi connectivity index (χ3v) is 6.06. The quantitative estimate of drug-likeness (QED) is 0.302. The van der Waals surface area contributed by atoms with E-state index in [0.29, 0.717) is 17.3 Å². The number of fused-ring (bicyclic) bond motifs is 1. The molecule has 0 aliphatic carbocycles. The number of anilines is 2. The van der Waals surface area contributed by atoms with Crippen LogP contribution in [0.15, 0.2) is 42.5 Å². The number of hydrogen-bond donors (Lipinski definition) is 3. The molecule has 156 valence electrons. The van der Waals surface area contributed by atoms with Crippen molar-refractivity contribution in [2.24, 2.45) is 0 Å². The lowest BCUT2D eigenvalue weighted by atomic mass is 10.00. The highest BCUT2D eigenvalue weighted by molar-refractivity contribution is 7.22. The van der Waals surface area contributed by atoms with Gasteiger partial charge in [0.15, 0.2) is 10.9 Å². The number of H-pyrrole nitrogens is 1. The van der Waals surface area contributed by atoms with Crippen LogP contribution in [0.1, 0.15) is 33.6 Å². The van der Waals surface area contributed by atoms with E-state index in [1.165, 1.54) is 6.07 Å². The summed E-state index contributed by atoms with van der Waals surface area (Å²) in [7, 11) is 0. The van der Waals surface area contributed by atoms with Gasteiger partial charge in [0.05, 0.1) is 21.5 Å². The van der Waals surface area contributed by atoms with Crippen molar-refractivity contribution in [1.82, 2.24) is 15.2 Å². The predicted molar refractivity (Wildman–Crippen MR) is 125 cm³/mol. The first kappa shape index (κ1) is 20.3. The first-order valence-corrected chi connectivity index (χ1v) is 11.2. The molecule has 4 aromatic rings. The SMILES string of the molecule is CCCNc1n[nH]c(-c2ccccc2F)c1-c1ccc2nc(NC(C)CC)sc2c1. The zero-order valence-electron chi connectivity index (χ0n) is 17.4. The monoisotopic (exact) mass is 423 g/mol. The Morgan fingerprint density at radius 2 is 2.00 bits per heavy atom. The van der Waals surface area contributed by atoms with Crippen molar-refractivity contribution in [2.45, 2.75) is 39.7 Å². The van der Waals surface area contributed by atoms with Gasteiger partial charge in [-0.1, -0.05) is 43.4 Å². The second-order valence-electron chi connectivity index (χ2n) is 7.38. The minimum atomic E-state index is -0.275. The Balaban J connectivity index is 1.80. The number of rotatable bonds is 8. The number of halogens is 1. The molecule has 7 heteroatoms. The zero-order valence-corrected chi connectivity index (χ0v) is 18.2. The van der Waals surface area contributed by atoms with Gasteiger partial charge in [0.2, 0.25) is 0 Å². The summed E-state index contributed by atoms with van der Waals surface area (Å²) < 4.78 is 15.6. The van der Waals surface area contributed by atoms with Crippen molar-refractivity contribution in [2.75, 3.05) is 17.2 Å². The van der Waals surface area contributed by atoms with Gasteiger partial charge in [0.25, 0.3) is 0 Å². The van der Waals surface area contributed by atoms with E-state index >= 15 is 0 Å². The molecule has 3 N–H and O–H groups in total.